The first kappa shape index (κ1) is 12.5. The Morgan fingerprint density at radius 1 is 1.37 bits per heavy atom. The van der Waals surface area contributed by atoms with Crippen molar-refractivity contribution in [3.05, 3.63) is 35.9 Å². The first-order chi connectivity index (χ1) is 9.15. The number of thioether (sulfide) groups is 1. The zero-order valence-electron chi connectivity index (χ0n) is 11.1. The number of fused-ring (bicyclic) bond motifs is 1. The van der Waals surface area contributed by atoms with Crippen molar-refractivity contribution in [2.45, 2.75) is 23.6 Å². The summed E-state index contributed by atoms with van der Waals surface area (Å²) in [6.45, 7) is 2.94. The normalized spacial score (nSPS) is 19.4. The lowest BCUT2D eigenvalue weighted by molar-refractivity contribution is -0.126. The van der Waals surface area contributed by atoms with E-state index in [4.69, 9.17) is 0 Å². The van der Waals surface area contributed by atoms with Crippen LogP contribution in [0.4, 0.5) is 0 Å². The Hall–Kier alpha value is -1.55. The summed E-state index contributed by atoms with van der Waals surface area (Å²) >= 11 is 1.59. The van der Waals surface area contributed by atoms with Crippen LogP contribution in [0.3, 0.4) is 0 Å². The van der Waals surface area contributed by atoms with E-state index in [0.717, 1.165) is 23.5 Å². The van der Waals surface area contributed by atoms with E-state index in [1.807, 2.05) is 25.2 Å². The van der Waals surface area contributed by atoms with Crippen molar-refractivity contribution in [2.75, 3.05) is 13.6 Å². The number of aryl methyl sites for hydroxylation is 1. The number of rotatable bonds is 2. The van der Waals surface area contributed by atoms with E-state index >= 15 is 0 Å². The number of nitrogens with zero attached hydrogens (tertiary/aromatic N) is 2. The quantitative estimate of drug-likeness (QED) is 0.843. The van der Waals surface area contributed by atoms with Crippen LogP contribution in [0.25, 0.3) is 10.9 Å². The SMILES string of the molecule is Cc1cc(SC2CCN(C)C2=O)nc2ccccc12. The van der Waals surface area contributed by atoms with Gasteiger partial charge < -0.3 is 4.90 Å². The largest absolute Gasteiger partial charge is 0.345 e. The molecule has 1 saturated heterocycles. The summed E-state index contributed by atoms with van der Waals surface area (Å²) in [6, 6.07) is 10.2. The summed E-state index contributed by atoms with van der Waals surface area (Å²) in [4.78, 5) is 18.4. The molecular formula is C15H16N2OS. The molecule has 0 bridgehead atoms. The molecule has 0 spiro atoms. The Morgan fingerprint density at radius 3 is 2.89 bits per heavy atom. The van der Waals surface area contributed by atoms with Gasteiger partial charge in [0.05, 0.1) is 15.8 Å². The van der Waals surface area contributed by atoms with Gasteiger partial charge in [0, 0.05) is 19.0 Å². The molecular weight excluding hydrogens is 256 g/mol. The van der Waals surface area contributed by atoms with E-state index in [2.05, 4.69) is 24.0 Å². The maximum Gasteiger partial charge on any atom is 0.235 e. The molecule has 1 aliphatic rings. The zero-order chi connectivity index (χ0) is 13.4. The minimum atomic E-state index is 0.0260. The fourth-order valence-electron chi connectivity index (χ4n) is 2.42. The average molecular weight is 272 g/mol. The van der Waals surface area contributed by atoms with Crippen LogP contribution in [0.2, 0.25) is 0 Å². The molecule has 98 valence electrons. The second kappa shape index (κ2) is 4.85. The van der Waals surface area contributed by atoms with Crippen LogP contribution in [-0.2, 0) is 4.79 Å². The molecule has 0 aliphatic carbocycles. The van der Waals surface area contributed by atoms with Crippen LogP contribution in [0.1, 0.15) is 12.0 Å². The number of pyridine rings is 1. The molecule has 0 saturated carbocycles. The van der Waals surface area contributed by atoms with E-state index < -0.39 is 0 Å². The standard InChI is InChI=1S/C15H16N2OS/c1-10-9-14(16-12-6-4-3-5-11(10)12)19-13-7-8-17(2)15(13)18/h3-6,9,13H,7-8H2,1-2H3. The van der Waals surface area contributed by atoms with Gasteiger partial charge in [-0.05, 0) is 31.0 Å². The third-order valence-corrected chi connectivity index (χ3v) is 4.71. The molecule has 1 amide bonds. The van der Waals surface area contributed by atoms with Crippen LogP contribution in [0, 0.1) is 6.92 Å². The van der Waals surface area contributed by atoms with Crippen LogP contribution >= 0.6 is 11.8 Å². The van der Waals surface area contributed by atoms with Crippen LogP contribution in [0.15, 0.2) is 35.4 Å². The number of hydrogen-bond acceptors (Lipinski definition) is 3. The Labute approximate surface area is 117 Å². The maximum atomic E-state index is 11.9. The molecule has 1 aromatic heterocycles. The summed E-state index contributed by atoms with van der Waals surface area (Å²) in [5.74, 6) is 0.220. The minimum Gasteiger partial charge on any atom is -0.345 e. The third-order valence-electron chi connectivity index (χ3n) is 3.54. The predicted molar refractivity (Wildman–Crippen MR) is 78.4 cm³/mol. The van der Waals surface area contributed by atoms with Gasteiger partial charge in [-0.3, -0.25) is 4.79 Å². The van der Waals surface area contributed by atoms with Crippen molar-refractivity contribution in [2.24, 2.45) is 0 Å². The van der Waals surface area contributed by atoms with E-state index in [0.29, 0.717) is 0 Å². The molecule has 1 aliphatic heterocycles. The van der Waals surface area contributed by atoms with Crippen molar-refractivity contribution in [1.82, 2.24) is 9.88 Å². The van der Waals surface area contributed by atoms with Gasteiger partial charge in [0.2, 0.25) is 5.91 Å². The zero-order valence-corrected chi connectivity index (χ0v) is 11.9. The van der Waals surface area contributed by atoms with E-state index in [1.54, 1.807) is 16.7 Å². The lowest BCUT2D eigenvalue weighted by atomic mass is 10.1. The third kappa shape index (κ3) is 2.32. The molecule has 1 atom stereocenters. The van der Waals surface area contributed by atoms with Gasteiger partial charge >= 0.3 is 0 Å². The van der Waals surface area contributed by atoms with Gasteiger partial charge in [-0.1, -0.05) is 30.0 Å². The average Bonchev–Trinajstić information content (AvgIpc) is 2.71. The van der Waals surface area contributed by atoms with Crippen molar-refractivity contribution >= 4 is 28.6 Å². The number of carbonyl (C=O) groups excluding carboxylic acids is 1. The highest BCUT2D eigenvalue weighted by Gasteiger charge is 2.30. The van der Waals surface area contributed by atoms with Crippen molar-refractivity contribution in [3.8, 4) is 0 Å². The number of hydrogen-bond donors (Lipinski definition) is 0. The lowest BCUT2D eigenvalue weighted by Crippen LogP contribution is -2.23. The predicted octanol–water partition coefficient (Wildman–Crippen LogP) is 2.87. The van der Waals surface area contributed by atoms with Gasteiger partial charge in [-0.2, -0.15) is 0 Å². The number of carbonyl (C=O) groups is 1. The number of para-hydroxylation sites is 1. The molecule has 19 heavy (non-hydrogen) atoms. The summed E-state index contributed by atoms with van der Waals surface area (Å²) in [6.07, 6.45) is 0.910. The molecule has 1 aromatic carbocycles. The molecule has 2 aromatic rings. The van der Waals surface area contributed by atoms with Crippen LogP contribution in [0.5, 0.6) is 0 Å². The fourth-order valence-corrected chi connectivity index (χ4v) is 3.62. The molecule has 3 nitrogen and oxygen atoms in total. The van der Waals surface area contributed by atoms with Gasteiger partial charge in [0.1, 0.15) is 0 Å². The Balaban J connectivity index is 1.91. The Morgan fingerprint density at radius 2 is 2.16 bits per heavy atom. The number of aromatic nitrogens is 1. The summed E-state index contributed by atoms with van der Waals surface area (Å²) < 4.78 is 0. The van der Waals surface area contributed by atoms with Crippen molar-refractivity contribution < 1.29 is 4.79 Å². The van der Waals surface area contributed by atoms with E-state index in [9.17, 15) is 4.79 Å². The summed E-state index contributed by atoms with van der Waals surface area (Å²) in [5.41, 5.74) is 2.22. The molecule has 1 fully saturated rings. The van der Waals surface area contributed by atoms with Gasteiger partial charge in [-0.25, -0.2) is 4.98 Å². The lowest BCUT2D eigenvalue weighted by Gasteiger charge is -2.11. The molecule has 1 unspecified atom stereocenters. The monoisotopic (exact) mass is 272 g/mol. The maximum absolute atomic E-state index is 11.9. The first-order valence-corrected chi connectivity index (χ1v) is 7.31. The van der Waals surface area contributed by atoms with Gasteiger partial charge in [0.25, 0.3) is 0 Å². The van der Waals surface area contributed by atoms with Gasteiger partial charge in [-0.15, -0.1) is 0 Å². The molecule has 0 N–H and O–H groups in total. The highest BCUT2D eigenvalue weighted by Crippen LogP contribution is 2.31. The summed E-state index contributed by atoms with van der Waals surface area (Å²) in [7, 11) is 1.86. The molecule has 2 heterocycles. The fraction of sp³-hybridized carbons (Fsp3) is 0.333. The number of amides is 1. The topological polar surface area (TPSA) is 33.2 Å². The minimum absolute atomic E-state index is 0.0260. The smallest absolute Gasteiger partial charge is 0.235 e. The van der Waals surface area contributed by atoms with E-state index in [-0.39, 0.29) is 11.2 Å². The van der Waals surface area contributed by atoms with Crippen LogP contribution < -0.4 is 0 Å². The van der Waals surface area contributed by atoms with Crippen molar-refractivity contribution in [1.29, 1.82) is 0 Å². The first-order valence-electron chi connectivity index (χ1n) is 6.43. The Bertz CT molecular complexity index is 641. The molecule has 0 radical (unpaired) electrons. The van der Waals surface area contributed by atoms with Crippen LogP contribution in [-0.4, -0.2) is 34.6 Å². The van der Waals surface area contributed by atoms with Gasteiger partial charge in [0.15, 0.2) is 0 Å². The Kier molecular flexibility index (Phi) is 3.19. The second-order valence-electron chi connectivity index (χ2n) is 4.95. The highest BCUT2D eigenvalue weighted by atomic mass is 32.2. The molecule has 3 rings (SSSR count). The van der Waals surface area contributed by atoms with Crippen molar-refractivity contribution in [3.63, 3.8) is 0 Å². The second-order valence-corrected chi connectivity index (χ2v) is 6.17. The highest BCUT2D eigenvalue weighted by molar-refractivity contribution is 8.00. The number of likely N-dealkylation sites (tertiary alicyclic amines) is 1. The number of benzene rings is 1. The van der Waals surface area contributed by atoms with E-state index in [1.165, 1.54) is 10.9 Å². The molecule has 4 heteroatoms. The summed E-state index contributed by atoms with van der Waals surface area (Å²) in [5, 5.41) is 2.16.